The van der Waals surface area contributed by atoms with E-state index in [1.54, 1.807) is 0 Å². The van der Waals surface area contributed by atoms with Crippen LogP contribution in [0.2, 0.25) is 0 Å². The van der Waals surface area contributed by atoms with E-state index in [1.165, 1.54) is 50.0 Å². The van der Waals surface area contributed by atoms with Gasteiger partial charge in [-0.2, -0.15) is 5.10 Å². The maximum atomic E-state index is 4.84. The lowest BCUT2D eigenvalue weighted by molar-refractivity contribution is 0.187. The molecule has 1 aromatic heterocycles. The Balaban J connectivity index is 0.00000320. The molecule has 2 heterocycles. The molecule has 1 aliphatic rings. The molecular formula is C23H37IN6. The first-order chi connectivity index (χ1) is 14.3. The number of nitrogens with one attached hydrogen (secondary N) is 2. The van der Waals surface area contributed by atoms with E-state index in [2.05, 4.69) is 58.7 Å². The highest BCUT2D eigenvalue weighted by atomic mass is 127. The smallest absolute Gasteiger partial charge is 0.191 e. The summed E-state index contributed by atoms with van der Waals surface area (Å²) >= 11 is 0. The van der Waals surface area contributed by atoms with Gasteiger partial charge in [0.05, 0.1) is 13.1 Å². The van der Waals surface area contributed by atoms with Crippen LogP contribution in [0.5, 0.6) is 0 Å². The second-order valence-corrected chi connectivity index (χ2v) is 7.76. The fraction of sp³-hybridized carbons (Fsp3) is 0.565. The molecule has 7 heteroatoms. The van der Waals surface area contributed by atoms with Crippen LogP contribution in [-0.2, 0) is 13.1 Å². The fourth-order valence-corrected chi connectivity index (χ4v) is 3.93. The third-order valence-electron chi connectivity index (χ3n) is 5.76. The Labute approximate surface area is 198 Å². The molecule has 166 valence electrons. The van der Waals surface area contributed by atoms with Crippen molar-refractivity contribution in [2.45, 2.75) is 46.2 Å². The van der Waals surface area contributed by atoms with Crippen molar-refractivity contribution in [1.29, 1.82) is 0 Å². The second kappa shape index (κ2) is 13.6. The number of hydrogen-bond donors (Lipinski definition) is 2. The summed E-state index contributed by atoms with van der Waals surface area (Å²) in [5.74, 6) is 1.75. The lowest BCUT2D eigenvalue weighted by Gasteiger charge is -2.31. The summed E-state index contributed by atoms with van der Waals surface area (Å²) in [6.07, 6.45) is 7.68. The van der Waals surface area contributed by atoms with Gasteiger partial charge in [0.15, 0.2) is 5.96 Å². The van der Waals surface area contributed by atoms with Crippen molar-refractivity contribution < 1.29 is 0 Å². The number of nitrogens with zero attached hydrogens (tertiary/aromatic N) is 4. The standard InChI is InChI=1S/C23H36N6.HI/c1-3-24-23(25-14-10-20-11-16-28(4-2)17-12-20)26-18-21-8-5-6-9-22(21)19-29-15-7-13-27-29;/h5-9,13,15,20H,3-4,10-12,14,16-19H2,1-2H3,(H2,24,25,26);1H. The lowest BCUT2D eigenvalue weighted by atomic mass is 9.93. The van der Waals surface area contributed by atoms with Gasteiger partial charge in [0.1, 0.15) is 0 Å². The molecule has 30 heavy (non-hydrogen) atoms. The largest absolute Gasteiger partial charge is 0.357 e. The quantitative estimate of drug-likeness (QED) is 0.298. The minimum atomic E-state index is 0. The van der Waals surface area contributed by atoms with Gasteiger partial charge in [-0.15, -0.1) is 24.0 Å². The molecule has 6 nitrogen and oxygen atoms in total. The van der Waals surface area contributed by atoms with Crippen LogP contribution in [0.25, 0.3) is 0 Å². The monoisotopic (exact) mass is 524 g/mol. The van der Waals surface area contributed by atoms with Crippen LogP contribution in [0.3, 0.4) is 0 Å². The van der Waals surface area contributed by atoms with E-state index in [-0.39, 0.29) is 24.0 Å². The van der Waals surface area contributed by atoms with Gasteiger partial charge < -0.3 is 15.5 Å². The Morgan fingerprint density at radius 2 is 1.87 bits per heavy atom. The van der Waals surface area contributed by atoms with Gasteiger partial charge in [-0.1, -0.05) is 31.2 Å². The Hall–Kier alpha value is -1.61. The molecule has 1 aromatic carbocycles. The van der Waals surface area contributed by atoms with Crippen LogP contribution in [0, 0.1) is 5.92 Å². The fourth-order valence-electron chi connectivity index (χ4n) is 3.93. The number of aliphatic imine (C=N–C) groups is 1. The number of rotatable bonds is 9. The van der Waals surface area contributed by atoms with E-state index < -0.39 is 0 Å². The zero-order valence-corrected chi connectivity index (χ0v) is 20.7. The zero-order chi connectivity index (χ0) is 20.3. The summed E-state index contributed by atoms with van der Waals surface area (Å²) in [6.45, 7) is 11.4. The van der Waals surface area contributed by atoms with Gasteiger partial charge in [0.25, 0.3) is 0 Å². The summed E-state index contributed by atoms with van der Waals surface area (Å²) < 4.78 is 1.95. The van der Waals surface area contributed by atoms with E-state index in [4.69, 9.17) is 4.99 Å². The van der Waals surface area contributed by atoms with Crippen molar-refractivity contribution >= 4 is 29.9 Å². The van der Waals surface area contributed by atoms with Crippen molar-refractivity contribution in [3.8, 4) is 0 Å². The average molecular weight is 524 g/mol. The highest BCUT2D eigenvalue weighted by molar-refractivity contribution is 14.0. The van der Waals surface area contributed by atoms with Crippen LogP contribution in [0.4, 0.5) is 0 Å². The van der Waals surface area contributed by atoms with E-state index in [0.29, 0.717) is 6.54 Å². The minimum absolute atomic E-state index is 0. The number of aromatic nitrogens is 2. The first-order valence-corrected chi connectivity index (χ1v) is 11.1. The van der Waals surface area contributed by atoms with Gasteiger partial charge >= 0.3 is 0 Å². The molecule has 0 spiro atoms. The number of piperidine rings is 1. The maximum absolute atomic E-state index is 4.84. The first-order valence-electron chi connectivity index (χ1n) is 11.1. The lowest BCUT2D eigenvalue weighted by Crippen LogP contribution is -2.39. The molecule has 0 amide bonds. The molecule has 2 N–H and O–H groups in total. The first kappa shape index (κ1) is 24.7. The molecule has 0 aliphatic carbocycles. The molecule has 0 bridgehead atoms. The maximum Gasteiger partial charge on any atom is 0.191 e. The van der Waals surface area contributed by atoms with Crippen molar-refractivity contribution in [1.82, 2.24) is 25.3 Å². The number of likely N-dealkylation sites (tertiary alicyclic amines) is 1. The van der Waals surface area contributed by atoms with Crippen LogP contribution in [-0.4, -0.2) is 53.4 Å². The molecular weight excluding hydrogens is 487 g/mol. The number of hydrogen-bond acceptors (Lipinski definition) is 3. The molecule has 1 aliphatic heterocycles. The number of guanidine groups is 1. The predicted octanol–water partition coefficient (Wildman–Crippen LogP) is 3.73. The van der Waals surface area contributed by atoms with Gasteiger partial charge in [-0.05, 0) is 68.9 Å². The van der Waals surface area contributed by atoms with Crippen molar-refractivity contribution in [3.05, 3.63) is 53.9 Å². The van der Waals surface area contributed by atoms with Gasteiger partial charge in [0.2, 0.25) is 0 Å². The van der Waals surface area contributed by atoms with E-state index in [1.807, 2.05) is 23.1 Å². The van der Waals surface area contributed by atoms with Crippen LogP contribution in [0.15, 0.2) is 47.7 Å². The van der Waals surface area contributed by atoms with Crippen molar-refractivity contribution in [3.63, 3.8) is 0 Å². The molecule has 0 unspecified atom stereocenters. The van der Waals surface area contributed by atoms with Crippen LogP contribution >= 0.6 is 24.0 Å². The summed E-state index contributed by atoms with van der Waals surface area (Å²) in [6, 6.07) is 10.4. The SMILES string of the molecule is CCNC(=NCc1ccccc1Cn1cccn1)NCCC1CCN(CC)CC1.I. The third-order valence-corrected chi connectivity index (χ3v) is 5.76. The highest BCUT2D eigenvalue weighted by Gasteiger charge is 2.17. The topological polar surface area (TPSA) is 57.5 Å². The highest BCUT2D eigenvalue weighted by Crippen LogP contribution is 2.19. The van der Waals surface area contributed by atoms with Crippen molar-refractivity contribution in [2.24, 2.45) is 10.9 Å². The Morgan fingerprint density at radius 3 is 2.53 bits per heavy atom. The molecule has 3 rings (SSSR count). The summed E-state index contributed by atoms with van der Waals surface area (Å²) in [5.41, 5.74) is 2.51. The Bertz CT molecular complexity index is 738. The minimum Gasteiger partial charge on any atom is -0.357 e. The number of halogens is 1. The van der Waals surface area contributed by atoms with Crippen LogP contribution < -0.4 is 10.6 Å². The van der Waals surface area contributed by atoms with Gasteiger partial charge in [-0.3, -0.25) is 4.68 Å². The summed E-state index contributed by atoms with van der Waals surface area (Å²) in [5, 5.41) is 11.2. The Kier molecular flexibility index (Phi) is 11.2. The molecule has 0 atom stereocenters. The molecule has 1 fully saturated rings. The van der Waals surface area contributed by atoms with E-state index in [9.17, 15) is 0 Å². The zero-order valence-electron chi connectivity index (χ0n) is 18.4. The van der Waals surface area contributed by atoms with Crippen molar-refractivity contribution in [2.75, 3.05) is 32.7 Å². The van der Waals surface area contributed by atoms with E-state index >= 15 is 0 Å². The average Bonchev–Trinajstić information content (AvgIpc) is 3.26. The summed E-state index contributed by atoms with van der Waals surface area (Å²) in [7, 11) is 0. The third kappa shape index (κ3) is 7.91. The Morgan fingerprint density at radius 1 is 1.10 bits per heavy atom. The molecule has 2 aromatic rings. The van der Waals surface area contributed by atoms with E-state index in [0.717, 1.165) is 31.5 Å². The predicted molar refractivity (Wildman–Crippen MR) is 135 cm³/mol. The summed E-state index contributed by atoms with van der Waals surface area (Å²) in [4.78, 5) is 7.39. The van der Waals surface area contributed by atoms with Crippen LogP contribution in [0.1, 0.15) is 44.2 Å². The normalized spacial score (nSPS) is 15.6. The molecule has 0 radical (unpaired) electrons. The second-order valence-electron chi connectivity index (χ2n) is 7.76. The molecule has 1 saturated heterocycles. The van der Waals surface area contributed by atoms with Gasteiger partial charge in [-0.25, -0.2) is 4.99 Å². The number of benzene rings is 1. The molecule has 0 saturated carbocycles. The van der Waals surface area contributed by atoms with Gasteiger partial charge in [0, 0.05) is 25.5 Å².